The van der Waals surface area contributed by atoms with E-state index < -0.39 is 5.97 Å². The van der Waals surface area contributed by atoms with Gasteiger partial charge in [-0.1, -0.05) is 29.5 Å². The summed E-state index contributed by atoms with van der Waals surface area (Å²) in [6, 6.07) is 7.93. The summed E-state index contributed by atoms with van der Waals surface area (Å²) >= 11 is 0. The number of nitrogens with zero attached hydrogens (tertiary/aromatic N) is 3. The number of aromatic nitrogens is 3. The molecular formula is C14H17N3O3. The number of carboxylic acid groups (broad SMARTS) is 1. The molecule has 6 heteroatoms. The highest BCUT2D eigenvalue weighted by Gasteiger charge is 2.18. The average Bonchev–Trinajstić information content (AvgIpc) is 2.82. The number of carboxylic acids is 1. The van der Waals surface area contributed by atoms with Crippen molar-refractivity contribution in [2.45, 2.75) is 19.9 Å². The highest BCUT2D eigenvalue weighted by molar-refractivity contribution is 5.86. The number of benzene rings is 1. The van der Waals surface area contributed by atoms with Crippen molar-refractivity contribution in [2.75, 3.05) is 13.7 Å². The zero-order valence-electron chi connectivity index (χ0n) is 11.5. The molecule has 0 spiro atoms. The van der Waals surface area contributed by atoms with Crippen molar-refractivity contribution >= 4 is 5.97 Å². The van der Waals surface area contributed by atoms with Crippen molar-refractivity contribution in [1.29, 1.82) is 0 Å². The third-order valence-electron chi connectivity index (χ3n) is 3.16. The average molecular weight is 275 g/mol. The standard InChI is InChI=1S/C14H17N3O3/c1-10-5-3-4-6-11(10)9-17-12(7-8-20-2)13(14(18)19)15-16-17/h3-6H,7-9H2,1-2H3,(H,18,19). The van der Waals surface area contributed by atoms with Crippen LogP contribution in [0.5, 0.6) is 0 Å². The lowest BCUT2D eigenvalue weighted by Gasteiger charge is -2.09. The molecule has 0 fully saturated rings. The van der Waals surface area contributed by atoms with E-state index in [0.717, 1.165) is 11.1 Å². The molecule has 0 unspecified atom stereocenters. The maximum absolute atomic E-state index is 11.2. The van der Waals surface area contributed by atoms with Gasteiger partial charge in [-0.25, -0.2) is 9.48 Å². The minimum atomic E-state index is -1.06. The first-order valence-corrected chi connectivity index (χ1v) is 6.32. The van der Waals surface area contributed by atoms with E-state index in [-0.39, 0.29) is 5.69 Å². The number of rotatable bonds is 6. The first-order valence-electron chi connectivity index (χ1n) is 6.32. The van der Waals surface area contributed by atoms with Crippen LogP contribution >= 0.6 is 0 Å². The summed E-state index contributed by atoms with van der Waals surface area (Å²) in [7, 11) is 1.58. The van der Waals surface area contributed by atoms with E-state index in [0.29, 0.717) is 25.3 Å². The van der Waals surface area contributed by atoms with Gasteiger partial charge >= 0.3 is 5.97 Å². The molecule has 0 radical (unpaired) electrons. The molecule has 20 heavy (non-hydrogen) atoms. The second-order valence-corrected chi connectivity index (χ2v) is 4.52. The highest BCUT2D eigenvalue weighted by atomic mass is 16.5. The summed E-state index contributed by atoms with van der Waals surface area (Å²) < 4.78 is 6.65. The molecular weight excluding hydrogens is 258 g/mol. The molecule has 6 nitrogen and oxygen atoms in total. The van der Waals surface area contributed by atoms with Gasteiger partial charge in [-0.3, -0.25) is 0 Å². The van der Waals surface area contributed by atoms with Crippen LogP contribution < -0.4 is 0 Å². The van der Waals surface area contributed by atoms with E-state index in [2.05, 4.69) is 10.3 Å². The molecule has 0 atom stereocenters. The predicted octanol–water partition coefficient (Wildman–Crippen LogP) is 1.52. The van der Waals surface area contributed by atoms with Crippen LogP contribution in [0.25, 0.3) is 0 Å². The fourth-order valence-corrected chi connectivity index (χ4v) is 2.02. The van der Waals surface area contributed by atoms with E-state index in [1.165, 1.54) is 0 Å². The Kier molecular flexibility index (Phi) is 4.47. The Labute approximate surface area is 117 Å². The van der Waals surface area contributed by atoms with Gasteiger partial charge in [-0.05, 0) is 18.1 Å². The molecule has 1 N–H and O–H groups in total. The Morgan fingerprint density at radius 2 is 2.15 bits per heavy atom. The van der Waals surface area contributed by atoms with Crippen LogP contribution in [0.2, 0.25) is 0 Å². The van der Waals surface area contributed by atoms with E-state index in [4.69, 9.17) is 9.84 Å². The maximum atomic E-state index is 11.2. The van der Waals surface area contributed by atoms with Gasteiger partial charge in [0.2, 0.25) is 0 Å². The maximum Gasteiger partial charge on any atom is 0.358 e. The fraction of sp³-hybridized carbons (Fsp3) is 0.357. The third-order valence-corrected chi connectivity index (χ3v) is 3.16. The number of hydrogen-bond donors (Lipinski definition) is 1. The number of carbonyl (C=O) groups is 1. The van der Waals surface area contributed by atoms with Crippen molar-refractivity contribution in [3.63, 3.8) is 0 Å². The van der Waals surface area contributed by atoms with Gasteiger partial charge in [0.1, 0.15) is 0 Å². The molecule has 0 aliphatic rings. The lowest BCUT2D eigenvalue weighted by Crippen LogP contribution is -2.12. The zero-order chi connectivity index (χ0) is 14.5. The van der Waals surface area contributed by atoms with Crippen molar-refractivity contribution < 1.29 is 14.6 Å². The van der Waals surface area contributed by atoms with E-state index >= 15 is 0 Å². The Bertz CT molecular complexity index is 607. The Morgan fingerprint density at radius 1 is 1.40 bits per heavy atom. The molecule has 0 aliphatic carbocycles. The summed E-state index contributed by atoms with van der Waals surface area (Å²) in [5.74, 6) is -1.06. The Balaban J connectivity index is 2.31. The second kappa shape index (κ2) is 6.29. The second-order valence-electron chi connectivity index (χ2n) is 4.52. The number of hydrogen-bond acceptors (Lipinski definition) is 4. The van der Waals surface area contributed by atoms with E-state index in [1.54, 1.807) is 11.8 Å². The van der Waals surface area contributed by atoms with Gasteiger partial charge in [0.05, 0.1) is 18.8 Å². The smallest absolute Gasteiger partial charge is 0.358 e. The molecule has 0 saturated heterocycles. The normalized spacial score (nSPS) is 10.7. The summed E-state index contributed by atoms with van der Waals surface area (Å²) in [4.78, 5) is 11.2. The van der Waals surface area contributed by atoms with Crippen LogP contribution in [0.3, 0.4) is 0 Å². The molecule has 1 aromatic heterocycles. The largest absolute Gasteiger partial charge is 0.476 e. The molecule has 106 valence electrons. The minimum absolute atomic E-state index is 0.00404. The molecule has 1 heterocycles. The van der Waals surface area contributed by atoms with Crippen molar-refractivity contribution in [3.8, 4) is 0 Å². The lowest BCUT2D eigenvalue weighted by atomic mass is 10.1. The van der Waals surface area contributed by atoms with E-state index in [9.17, 15) is 4.79 Å². The molecule has 0 bridgehead atoms. The minimum Gasteiger partial charge on any atom is -0.476 e. The molecule has 2 aromatic rings. The van der Waals surface area contributed by atoms with Gasteiger partial charge in [-0.2, -0.15) is 0 Å². The van der Waals surface area contributed by atoms with Crippen LogP contribution in [0.4, 0.5) is 0 Å². The quantitative estimate of drug-likeness (QED) is 0.865. The molecule has 0 saturated carbocycles. The highest BCUT2D eigenvalue weighted by Crippen LogP contribution is 2.13. The van der Waals surface area contributed by atoms with Crippen LogP contribution in [-0.4, -0.2) is 39.8 Å². The fourth-order valence-electron chi connectivity index (χ4n) is 2.02. The first kappa shape index (κ1) is 14.2. The number of ether oxygens (including phenoxy) is 1. The predicted molar refractivity (Wildman–Crippen MR) is 72.8 cm³/mol. The Morgan fingerprint density at radius 3 is 2.80 bits per heavy atom. The first-order chi connectivity index (χ1) is 9.63. The summed E-state index contributed by atoms with van der Waals surface area (Å²) in [5.41, 5.74) is 2.81. The van der Waals surface area contributed by atoms with Gasteiger partial charge in [0, 0.05) is 13.5 Å². The SMILES string of the molecule is COCCc1c(C(=O)O)nnn1Cc1ccccc1C. The van der Waals surface area contributed by atoms with Crippen LogP contribution in [0, 0.1) is 6.92 Å². The summed E-state index contributed by atoms with van der Waals surface area (Å²) in [6.45, 7) is 2.95. The third kappa shape index (κ3) is 3.03. The summed E-state index contributed by atoms with van der Waals surface area (Å²) in [6.07, 6.45) is 0.469. The molecule has 0 aliphatic heterocycles. The van der Waals surface area contributed by atoms with Crippen molar-refractivity contribution in [1.82, 2.24) is 15.0 Å². The molecule has 1 aromatic carbocycles. The summed E-state index contributed by atoms with van der Waals surface area (Å²) in [5, 5.41) is 16.9. The van der Waals surface area contributed by atoms with Gasteiger partial charge < -0.3 is 9.84 Å². The topological polar surface area (TPSA) is 77.2 Å². The van der Waals surface area contributed by atoms with Crippen molar-refractivity contribution in [2.24, 2.45) is 0 Å². The van der Waals surface area contributed by atoms with Gasteiger partial charge in [0.25, 0.3) is 0 Å². The van der Waals surface area contributed by atoms with Crippen LogP contribution in [0.15, 0.2) is 24.3 Å². The molecule has 2 rings (SSSR count). The van der Waals surface area contributed by atoms with Crippen LogP contribution in [-0.2, 0) is 17.7 Å². The van der Waals surface area contributed by atoms with Gasteiger partial charge in [0.15, 0.2) is 5.69 Å². The number of aromatic carboxylic acids is 1. The van der Waals surface area contributed by atoms with Gasteiger partial charge in [-0.15, -0.1) is 5.10 Å². The number of aryl methyl sites for hydroxylation is 1. The van der Waals surface area contributed by atoms with Crippen molar-refractivity contribution in [3.05, 3.63) is 46.8 Å². The monoisotopic (exact) mass is 275 g/mol. The zero-order valence-corrected chi connectivity index (χ0v) is 11.5. The van der Waals surface area contributed by atoms with Crippen LogP contribution in [0.1, 0.15) is 27.3 Å². The van der Waals surface area contributed by atoms with E-state index in [1.807, 2.05) is 31.2 Å². The molecule has 0 amide bonds. The lowest BCUT2D eigenvalue weighted by molar-refractivity contribution is 0.0688. The Hall–Kier alpha value is -2.21. The number of methoxy groups -OCH3 is 1.